The second-order valence-corrected chi connectivity index (χ2v) is 7.43. The van der Waals surface area contributed by atoms with Crippen LogP contribution in [0.4, 0.5) is 0 Å². The maximum atomic E-state index is 4.72. The van der Waals surface area contributed by atoms with Gasteiger partial charge < -0.3 is 0 Å². The van der Waals surface area contributed by atoms with Gasteiger partial charge in [0.1, 0.15) is 5.01 Å². The number of thioether (sulfide) groups is 1. The fraction of sp³-hybridized carbons (Fsp3) is 0.105. The van der Waals surface area contributed by atoms with Crippen LogP contribution in [0.25, 0.3) is 22.0 Å². The van der Waals surface area contributed by atoms with E-state index in [4.69, 9.17) is 4.98 Å². The Hall–Kier alpha value is -2.44. The summed E-state index contributed by atoms with van der Waals surface area (Å²) in [6, 6.07) is 18.5. The number of rotatable bonds is 5. The fourth-order valence-electron chi connectivity index (χ4n) is 2.38. The summed E-state index contributed by atoms with van der Waals surface area (Å²) >= 11 is 3.26. The number of nitrogens with zero attached hydrogens (tertiary/aromatic N) is 3. The standard InChI is InChI=1S/C19H16N4S2/c1-13-7-9-15(10-8-13)18-20-16(11-24-18)12-25-19-21-17(22-23-19)14-5-3-2-4-6-14/h2-11H,12H2,1H3,(H,21,22,23). The van der Waals surface area contributed by atoms with Crippen LogP contribution in [-0.4, -0.2) is 20.2 Å². The van der Waals surface area contributed by atoms with E-state index >= 15 is 0 Å². The zero-order valence-electron chi connectivity index (χ0n) is 13.6. The molecule has 25 heavy (non-hydrogen) atoms. The van der Waals surface area contributed by atoms with Crippen molar-refractivity contribution in [1.29, 1.82) is 0 Å². The molecule has 0 fully saturated rings. The summed E-state index contributed by atoms with van der Waals surface area (Å²) in [5, 5.41) is 11.2. The third-order valence-electron chi connectivity index (χ3n) is 3.71. The summed E-state index contributed by atoms with van der Waals surface area (Å²) in [4.78, 5) is 9.26. The van der Waals surface area contributed by atoms with Crippen LogP contribution in [0.3, 0.4) is 0 Å². The molecule has 0 bridgehead atoms. The Morgan fingerprint density at radius 2 is 1.76 bits per heavy atom. The molecular weight excluding hydrogens is 348 g/mol. The molecule has 2 heterocycles. The van der Waals surface area contributed by atoms with Gasteiger partial charge in [-0.15, -0.1) is 16.4 Å². The molecule has 4 nitrogen and oxygen atoms in total. The summed E-state index contributed by atoms with van der Waals surface area (Å²) < 4.78 is 0. The normalized spacial score (nSPS) is 10.9. The molecule has 0 unspecified atom stereocenters. The predicted molar refractivity (Wildman–Crippen MR) is 104 cm³/mol. The minimum Gasteiger partial charge on any atom is -0.258 e. The number of hydrogen-bond donors (Lipinski definition) is 1. The Morgan fingerprint density at radius 1 is 0.960 bits per heavy atom. The zero-order chi connectivity index (χ0) is 17.1. The molecule has 0 aliphatic carbocycles. The number of aryl methyl sites for hydroxylation is 1. The van der Waals surface area contributed by atoms with Crippen molar-refractivity contribution in [1.82, 2.24) is 20.2 Å². The van der Waals surface area contributed by atoms with Gasteiger partial charge in [-0.2, -0.15) is 0 Å². The molecule has 124 valence electrons. The molecule has 6 heteroatoms. The van der Waals surface area contributed by atoms with Gasteiger partial charge >= 0.3 is 0 Å². The quantitative estimate of drug-likeness (QED) is 0.495. The lowest BCUT2D eigenvalue weighted by atomic mass is 10.2. The molecule has 0 saturated heterocycles. The highest BCUT2D eigenvalue weighted by Gasteiger charge is 2.09. The number of nitrogens with one attached hydrogen (secondary N) is 1. The molecule has 1 N–H and O–H groups in total. The second kappa shape index (κ2) is 7.21. The van der Waals surface area contributed by atoms with Crippen molar-refractivity contribution in [2.45, 2.75) is 17.8 Å². The van der Waals surface area contributed by atoms with E-state index in [1.165, 1.54) is 5.56 Å². The molecule has 0 amide bonds. The van der Waals surface area contributed by atoms with Crippen LogP contribution in [0.5, 0.6) is 0 Å². The minimum atomic E-state index is 0.740. The maximum Gasteiger partial charge on any atom is 0.209 e. The molecule has 0 spiro atoms. The molecule has 0 atom stereocenters. The number of benzene rings is 2. The molecule has 4 rings (SSSR count). The first-order valence-corrected chi connectivity index (χ1v) is 9.76. The van der Waals surface area contributed by atoms with Gasteiger partial charge in [0.25, 0.3) is 0 Å². The van der Waals surface area contributed by atoms with Crippen LogP contribution in [-0.2, 0) is 5.75 Å². The highest BCUT2D eigenvalue weighted by molar-refractivity contribution is 7.98. The van der Waals surface area contributed by atoms with E-state index in [0.717, 1.165) is 38.6 Å². The van der Waals surface area contributed by atoms with E-state index in [-0.39, 0.29) is 0 Å². The van der Waals surface area contributed by atoms with Crippen molar-refractivity contribution in [3.8, 4) is 22.0 Å². The van der Waals surface area contributed by atoms with Gasteiger partial charge in [-0.1, -0.05) is 71.9 Å². The first kappa shape index (κ1) is 16.1. The van der Waals surface area contributed by atoms with E-state index < -0.39 is 0 Å². The van der Waals surface area contributed by atoms with Crippen molar-refractivity contribution in [2.24, 2.45) is 0 Å². The van der Waals surface area contributed by atoms with Gasteiger partial charge in [0.05, 0.1) is 5.69 Å². The third kappa shape index (κ3) is 3.81. The monoisotopic (exact) mass is 364 g/mol. The molecule has 0 aliphatic rings. The SMILES string of the molecule is Cc1ccc(-c2nc(CSc3n[nH]c(-c4ccccc4)n3)cs2)cc1. The highest BCUT2D eigenvalue weighted by atomic mass is 32.2. The molecule has 4 aromatic rings. The Kier molecular flexibility index (Phi) is 4.63. The lowest BCUT2D eigenvalue weighted by molar-refractivity contribution is 0.972. The number of aromatic nitrogens is 4. The average molecular weight is 364 g/mol. The molecule has 0 radical (unpaired) electrons. The molecule has 2 aromatic carbocycles. The van der Waals surface area contributed by atoms with E-state index in [2.05, 4.69) is 51.8 Å². The van der Waals surface area contributed by atoms with Crippen LogP contribution < -0.4 is 0 Å². The van der Waals surface area contributed by atoms with Crippen molar-refractivity contribution < 1.29 is 0 Å². The first-order chi connectivity index (χ1) is 12.3. The molecule has 0 aliphatic heterocycles. The number of H-pyrrole nitrogens is 1. The van der Waals surface area contributed by atoms with E-state index in [9.17, 15) is 0 Å². The van der Waals surface area contributed by atoms with Gasteiger partial charge in [-0.3, -0.25) is 5.10 Å². The van der Waals surface area contributed by atoms with Gasteiger partial charge in [0, 0.05) is 22.3 Å². The van der Waals surface area contributed by atoms with Crippen LogP contribution >= 0.6 is 23.1 Å². The fourth-order valence-corrected chi connectivity index (χ4v) is 4.00. The smallest absolute Gasteiger partial charge is 0.209 e. The Balaban J connectivity index is 1.42. The van der Waals surface area contributed by atoms with Crippen LogP contribution in [0.15, 0.2) is 65.1 Å². The summed E-state index contributed by atoms with van der Waals surface area (Å²) in [6.07, 6.45) is 0. The van der Waals surface area contributed by atoms with Crippen molar-refractivity contribution >= 4 is 23.1 Å². The van der Waals surface area contributed by atoms with E-state index in [1.54, 1.807) is 23.1 Å². The Morgan fingerprint density at radius 3 is 2.56 bits per heavy atom. The third-order valence-corrected chi connectivity index (χ3v) is 5.53. The summed E-state index contributed by atoms with van der Waals surface area (Å²) in [6.45, 7) is 2.09. The number of hydrogen-bond acceptors (Lipinski definition) is 5. The summed E-state index contributed by atoms with van der Waals surface area (Å²) in [5.41, 5.74) is 4.51. The largest absolute Gasteiger partial charge is 0.258 e. The maximum absolute atomic E-state index is 4.72. The Bertz CT molecular complexity index is 959. The van der Waals surface area contributed by atoms with Gasteiger partial charge in [-0.25, -0.2) is 9.97 Å². The van der Waals surface area contributed by atoms with Crippen molar-refractivity contribution in [3.63, 3.8) is 0 Å². The first-order valence-electron chi connectivity index (χ1n) is 7.90. The predicted octanol–water partition coefficient (Wildman–Crippen LogP) is 5.20. The van der Waals surface area contributed by atoms with Crippen LogP contribution in [0.2, 0.25) is 0 Å². The average Bonchev–Trinajstić information content (AvgIpc) is 3.31. The van der Waals surface area contributed by atoms with Crippen LogP contribution in [0, 0.1) is 6.92 Å². The van der Waals surface area contributed by atoms with Gasteiger partial charge in [0.2, 0.25) is 5.16 Å². The van der Waals surface area contributed by atoms with Crippen molar-refractivity contribution in [2.75, 3.05) is 0 Å². The molecule has 0 saturated carbocycles. The van der Waals surface area contributed by atoms with E-state index in [1.807, 2.05) is 30.3 Å². The van der Waals surface area contributed by atoms with E-state index in [0.29, 0.717) is 0 Å². The second-order valence-electron chi connectivity index (χ2n) is 5.63. The number of aromatic amines is 1. The molecular formula is C19H16N4S2. The summed E-state index contributed by atoms with van der Waals surface area (Å²) in [5.74, 6) is 1.55. The van der Waals surface area contributed by atoms with Crippen molar-refractivity contribution in [3.05, 3.63) is 71.2 Å². The summed E-state index contributed by atoms with van der Waals surface area (Å²) in [7, 11) is 0. The lowest BCUT2D eigenvalue weighted by Gasteiger charge is -1.97. The van der Waals surface area contributed by atoms with Gasteiger partial charge in [0.15, 0.2) is 5.82 Å². The number of thiazole rings is 1. The van der Waals surface area contributed by atoms with Crippen LogP contribution in [0.1, 0.15) is 11.3 Å². The van der Waals surface area contributed by atoms with Gasteiger partial charge in [-0.05, 0) is 6.92 Å². The molecule has 2 aromatic heterocycles. The minimum absolute atomic E-state index is 0.740. The zero-order valence-corrected chi connectivity index (χ0v) is 15.3. The lowest BCUT2D eigenvalue weighted by Crippen LogP contribution is -1.84. The topological polar surface area (TPSA) is 54.5 Å². The highest BCUT2D eigenvalue weighted by Crippen LogP contribution is 2.27. The Labute approximate surface area is 154 Å².